The predicted molar refractivity (Wildman–Crippen MR) is 77.1 cm³/mol. The molecule has 1 aromatic heterocycles. The summed E-state index contributed by atoms with van der Waals surface area (Å²) >= 11 is 3.35. The molecule has 0 aliphatic rings. The maximum Gasteiger partial charge on any atom is 0.261 e. The fourth-order valence-electron chi connectivity index (χ4n) is 1.75. The third-order valence-corrected chi connectivity index (χ3v) is 4.88. The lowest BCUT2D eigenvalue weighted by Crippen LogP contribution is -2.28. The van der Waals surface area contributed by atoms with Gasteiger partial charge >= 0.3 is 0 Å². The SMILES string of the molecule is CC(NS(=O)(=O)c1ncccc1F)c1ccccc1Br. The number of pyridine rings is 1. The van der Waals surface area contributed by atoms with Crippen LogP contribution in [0.1, 0.15) is 18.5 Å². The van der Waals surface area contributed by atoms with E-state index < -0.39 is 26.9 Å². The number of nitrogens with zero attached hydrogens (tertiary/aromatic N) is 1. The zero-order valence-corrected chi connectivity index (χ0v) is 12.9. The minimum absolute atomic E-state index is 0.517. The second-order valence-electron chi connectivity index (χ2n) is 4.15. The zero-order chi connectivity index (χ0) is 14.8. The highest BCUT2D eigenvalue weighted by molar-refractivity contribution is 9.10. The summed E-state index contributed by atoms with van der Waals surface area (Å²) in [6.45, 7) is 1.68. The summed E-state index contributed by atoms with van der Waals surface area (Å²) in [6.07, 6.45) is 1.24. The first-order valence-electron chi connectivity index (χ1n) is 5.79. The van der Waals surface area contributed by atoms with Crippen molar-refractivity contribution in [3.63, 3.8) is 0 Å². The van der Waals surface area contributed by atoms with Gasteiger partial charge in [-0.3, -0.25) is 0 Å². The van der Waals surface area contributed by atoms with E-state index in [-0.39, 0.29) is 0 Å². The van der Waals surface area contributed by atoms with Gasteiger partial charge in [0.2, 0.25) is 5.03 Å². The molecule has 1 unspecified atom stereocenters. The lowest BCUT2D eigenvalue weighted by atomic mass is 10.1. The van der Waals surface area contributed by atoms with E-state index >= 15 is 0 Å². The maximum absolute atomic E-state index is 13.5. The standard InChI is InChI=1S/C13H12BrFN2O2S/c1-9(10-5-2-3-6-11(10)14)17-20(18,19)13-12(15)7-4-8-16-13/h2-9,17H,1H3. The maximum atomic E-state index is 13.5. The van der Waals surface area contributed by atoms with Crippen LogP contribution in [-0.2, 0) is 10.0 Å². The first-order chi connectivity index (χ1) is 9.42. The fraction of sp³-hybridized carbons (Fsp3) is 0.154. The average molecular weight is 359 g/mol. The van der Waals surface area contributed by atoms with Crippen molar-refractivity contribution in [2.75, 3.05) is 0 Å². The quantitative estimate of drug-likeness (QED) is 0.913. The van der Waals surface area contributed by atoms with E-state index in [1.54, 1.807) is 19.1 Å². The van der Waals surface area contributed by atoms with E-state index in [1.165, 1.54) is 12.3 Å². The molecule has 0 fully saturated rings. The first kappa shape index (κ1) is 15.1. The summed E-state index contributed by atoms with van der Waals surface area (Å²) in [5.41, 5.74) is 0.757. The van der Waals surface area contributed by atoms with Gasteiger partial charge < -0.3 is 0 Å². The minimum atomic E-state index is -4.01. The van der Waals surface area contributed by atoms with Crippen LogP contribution in [0.3, 0.4) is 0 Å². The van der Waals surface area contributed by atoms with Gasteiger partial charge in [0.05, 0.1) is 0 Å². The van der Waals surface area contributed by atoms with Gasteiger partial charge in [0, 0.05) is 16.7 Å². The molecule has 106 valence electrons. The molecule has 2 rings (SSSR count). The van der Waals surface area contributed by atoms with Crippen LogP contribution in [0.5, 0.6) is 0 Å². The summed E-state index contributed by atoms with van der Waals surface area (Å²) in [6, 6.07) is 9.10. The Kier molecular flexibility index (Phi) is 4.52. The van der Waals surface area contributed by atoms with Crippen LogP contribution in [0.25, 0.3) is 0 Å². The third-order valence-electron chi connectivity index (χ3n) is 2.68. The number of sulfonamides is 1. The van der Waals surface area contributed by atoms with E-state index in [0.29, 0.717) is 0 Å². The Hall–Kier alpha value is -1.31. The Bertz CT molecular complexity index is 722. The van der Waals surface area contributed by atoms with E-state index in [1.807, 2.05) is 12.1 Å². The van der Waals surface area contributed by atoms with Crippen LogP contribution in [-0.4, -0.2) is 13.4 Å². The number of aromatic nitrogens is 1. The highest BCUT2D eigenvalue weighted by Crippen LogP contribution is 2.24. The van der Waals surface area contributed by atoms with Crippen LogP contribution < -0.4 is 4.72 Å². The van der Waals surface area contributed by atoms with Crippen LogP contribution in [0.4, 0.5) is 4.39 Å². The number of hydrogen-bond acceptors (Lipinski definition) is 3. The molecule has 0 spiro atoms. The molecule has 0 radical (unpaired) electrons. The highest BCUT2D eigenvalue weighted by Gasteiger charge is 2.23. The van der Waals surface area contributed by atoms with Crippen molar-refractivity contribution in [3.05, 3.63) is 58.4 Å². The van der Waals surface area contributed by atoms with Crippen molar-refractivity contribution in [1.29, 1.82) is 0 Å². The molecule has 0 aliphatic heterocycles. The molecule has 0 saturated carbocycles. The summed E-state index contributed by atoms with van der Waals surface area (Å²) in [5, 5.41) is -0.598. The third kappa shape index (κ3) is 3.23. The monoisotopic (exact) mass is 358 g/mol. The molecule has 0 bridgehead atoms. The van der Waals surface area contributed by atoms with Gasteiger partial charge in [-0.15, -0.1) is 0 Å². The predicted octanol–water partition coefficient (Wildman–Crippen LogP) is 3.02. The summed E-state index contributed by atoms with van der Waals surface area (Å²) in [7, 11) is -4.01. The molecule has 1 aromatic carbocycles. The minimum Gasteiger partial charge on any atom is -0.241 e. The Morgan fingerprint density at radius 1 is 1.25 bits per heavy atom. The number of benzene rings is 1. The Balaban J connectivity index is 2.30. The summed E-state index contributed by atoms with van der Waals surface area (Å²) in [4.78, 5) is 3.58. The largest absolute Gasteiger partial charge is 0.261 e. The summed E-state index contributed by atoms with van der Waals surface area (Å²) in [5.74, 6) is -0.876. The van der Waals surface area contributed by atoms with Gasteiger partial charge in [-0.05, 0) is 30.7 Å². The van der Waals surface area contributed by atoms with Crippen LogP contribution in [0.2, 0.25) is 0 Å². The number of hydrogen-bond donors (Lipinski definition) is 1. The van der Waals surface area contributed by atoms with E-state index in [2.05, 4.69) is 25.6 Å². The molecule has 1 heterocycles. The van der Waals surface area contributed by atoms with Gasteiger partial charge in [-0.1, -0.05) is 34.1 Å². The number of rotatable bonds is 4. The molecule has 0 amide bonds. The molecule has 7 heteroatoms. The highest BCUT2D eigenvalue weighted by atomic mass is 79.9. The molecule has 4 nitrogen and oxygen atoms in total. The number of nitrogens with one attached hydrogen (secondary N) is 1. The first-order valence-corrected chi connectivity index (χ1v) is 8.06. The van der Waals surface area contributed by atoms with Crippen molar-refractivity contribution in [2.45, 2.75) is 18.0 Å². The Morgan fingerprint density at radius 2 is 1.95 bits per heavy atom. The van der Waals surface area contributed by atoms with Crippen molar-refractivity contribution < 1.29 is 12.8 Å². The fourth-order valence-corrected chi connectivity index (χ4v) is 3.60. The van der Waals surface area contributed by atoms with Gasteiger partial charge in [-0.2, -0.15) is 0 Å². The lowest BCUT2D eigenvalue weighted by molar-refractivity contribution is 0.535. The van der Waals surface area contributed by atoms with Crippen molar-refractivity contribution in [1.82, 2.24) is 9.71 Å². The van der Waals surface area contributed by atoms with Gasteiger partial charge in [0.1, 0.15) is 0 Å². The van der Waals surface area contributed by atoms with Gasteiger partial charge in [0.25, 0.3) is 10.0 Å². The Labute approximate surface area is 125 Å². The summed E-state index contributed by atoms with van der Waals surface area (Å²) < 4.78 is 40.9. The second kappa shape index (κ2) is 5.99. The van der Waals surface area contributed by atoms with Crippen molar-refractivity contribution in [3.8, 4) is 0 Å². The number of halogens is 2. The molecule has 20 heavy (non-hydrogen) atoms. The normalized spacial score (nSPS) is 13.2. The van der Waals surface area contributed by atoms with Crippen molar-refractivity contribution in [2.24, 2.45) is 0 Å². The second-order valence-corrected chi connectivity index (χ2v) is 6.64. The Morgan fingerprint density at radius 3 is 2.60 bits per heavy atom. The topological polar surface area (TPSA) is 59.1 Å². The zero-order valence-electron chi connectivity index (χ0n) is 10.5. The molecule has 2 aromatic rings. The van der Waals surface area contributed by atoms with E-state index in [4.69, 9.17) is 0 Å². The van der Waals surface area contributed by atoms with Gasteiger partial charge in [-0.25, -0.2) is 22.5 Å². The van der Waals surface area contributed by atoms with Gasteiger partial charge in [0.15, 0.2) is 5.82 Å². The molecule has 1 atom stereocenters. The molecular formula is C13H12BrFN2O2S. The van der Waals surface area contributed by atoms with Crippen molar-refractivity contribution >= 4 is 26.0 Å². The smallest absolute Gasteiger partial charge is 0.241 e. The van der Waals surface area contributed by atoms with Crippen LogP contribution in [0, 0.1) is 5.82 Å². The molecule has 0 aliphatic carbocycles. The molecule has 1 N–H and O–H groups in total. The molecule has 0 saturated heterocycles. The van der Waals surface area contributed by atoms with E-state index in [9.17, 15) is 12.8 Å². The van der Waals surface area contributed by atoms with Crippen LogP contribution in [0.15, 0.2) is 52.1 Å². The van der Waals surface area contributed by atoms with E-state index in [0.717, 1.165) is 16.1 Å². The average Bonchev–Trinajstić information content (AvgIpc) is 2.38. The molecular weight excluding hydrogens is 347 g/mol. The lowest BCUT2D eigenvalue weighted by Gasteiger charge is -2.15. The van der Waals surface area contributed by atoms with Crippen LogP contribution >= 0.6 is 15.9 Å².